The van der Waals surface area contributed by atoms with Gasteiger partial charge in [0, 0.05) is 13.0 Å². The lowest BCUT2D eigenvalue weighted by Crippen LogP contribution is -2.47. The van der Waals surface area contributed by atoms with Crippen LogP contribution in [-0.2, 0) is 4.74 Å². The molecule has 1 rings (SSSR count). The van der Waals surface area contributed by atoms with Crippen molar-refractivity contribution >= 4 is 0 Å². The van der Waals surface area contributed by atoms with Gasteiger partial charge < -0.3 is 14.9 Å². The van der Waals surface area contributed by atoms with Crippen molar-refractivity contribution in [2.75, 3.05) is 20.2 Å². The van der Waals surface area contributed by atoms with Gasteiger partial charge in [-0.25, -0.2) is 0 Å². The second-order valence-electron chi connectivity index (χ2n) is 8.21. The number of likely N-dealkylation sites (N-methyl/N-ethyl adjacent to an activating group) is 1. The zero-order valence-electron chi connectivity index (χ0n) is 17.7. The molecule has 0 aromatic heterocycles. The lowest BCUT2D eigenvalue weighted by atomic mass is 10.1. The SMILES string of the molecule is CCCCCCCCCN(C)[C@@H]1[C@@H](OCCCCCCC)[C@@H](O)C[C@H]1O. The monoisotopic (exact) mass is 371 g/mol. The first-order valence-corrected chi connectivity index (χ1v) is 11.3. The van der Waals surface area contributed by atoms with Crippen LogP contribution in [0, 0.1) is 0 Å². The molecule has 4 atom stereocenters. The minimum Gasteiger partial charge on any atom is -0.391 e. The summed E-state index contributed by atoms with van der Waals surface area (Å²) >= 11 is 0. The quantitative estimate of drug-likeness (QED) is 0.392. The van der Waals surface area contributed by atoms with Gasteiger partial charge in [-0.3, -0.25) is 4.90 Å². The molecule has 0 saturated heterocycles. The zero-order chi connectivity index (χ0) is 19.2. The number of aliphatic hydroxyl groups excluding tert-OH is 2. The van der Waals surface area contributed by atoms with Crippen LogP contribution in [0.4, 0.5) is 0 Å². The fraction of sp³-hybridized carbons (Fsp3) is 1.00. The van der Waals surface area contributed by atoms with Crippen molar-refractivity contribution in [1.82, 2.24) is 4.90 Å². The van der Waals surface area contributed by atoms with Gasteiger partial charge in [-0.15, -0.1) is 0 Å². The third-order valence-electron chi connectivity index (χ3n) is 5.77. The molecule has 1 fully saturated rings. The smallest absolute Gasteiger partial charge is 0.101 e. The Kier molecular flexibility index (Phi) is 13.6. The molecule has 156 valence electrons. The molecule has 0 spiro atoms. The molecule has 1 saturated carbocycles. The number of aliphatic hydroxyl groups is 2. The van der Waals surface area contributed by atoms with Crippen LogP contribution in [0.2, 0.25) is 0 Å². The van der Waals surface area contributed by atoms with E-state index in [1.54, 1.807) is 0 Å². The number of hydrogen-bond donors (Lipinski definition) is 2. The average Bonchev–Trinajstić information content (AvgIpc) is 2.90. The number of rotatable bonds is 16. The van der Waals surface area contributed by atoms with Gasteiger partial charge in [-0.2, -0.15) is 0 Å². The third-order valence-corrected chi connectivity index (χ3v) is 5.77. The molecule has 0 unspecified atom stereocenters. The predicted molar refractivity (Wildman–Crippen MR) is 110 cm³/mol. The maximum Gasteiger partial charge on any atom is 0.101 e. The van der Waals surface area contributed by atoms with Gasteiger partial charge in [0.1, 0.15) is 6.10 Å². The molecule has 1 aliphatic carbocycles. The molecule has 0 aromatic carbocycles. The molecule has 0 radical (unpaired) electrons. The van der Waals surface area contributed by atoms with E-state index in [4.69, 9.17) is 4.74 Å². The molecule has 0 aromatic rings. The molecule has 0 heterocycles. The Balaban J connectivity index is 2.26. The summed E-state index contributed by atoms with van der Waals surface area (Å²) in [5.41, 5.74) is 0. The Morgan fingerprint density at radius 2 is 1.31 bits per heavy atom. The van der Waals surface area contributed by atoms with Crippen LogP contribution in [0.3, 0.4) is 0 Å². The summed E-state index contributed by atoms with van der Waals surface area (Å²) in [7, 11) is 2.07. The van der Waals surface area contributed by atoms with Crippen molar-refractivity contribution in [2.24, 2.45) is 0 Å². The second-order valence-corrected chi connectivity index (χ2v) is 8.21. The van der Waals surface area contributed by atoms with E-state index in [-0.39, 0.29) is 12.1 Å². The van der Waals surface area contributed by atoms with Crippen LogP contribution in [0.25, 0.3) is 0 Å². The first-order valence-electron chi connectivity index (χ1n) is 11.3. The normalized spacial score (nSPS) is 26.1. The molecule has 26 heavy (non-hydrogen) atoms. The Morgan fingerprint density at radius 1 is 0.769 bits per heavy atom. The van der Waals surface area contributed by atoms with Gasteiger partial charge in [-0.1, -0.05) is 78.1 Å². The standard InChI is InChI=1S/C22H45NO3/c1-4-6-8-10-11-12-14-16-23(3)21-19(24)18-20(25)22(21)26-17-15-13-9-7-5-2/h19-22,24-25H,4-18H2,1-3H3/t19-,20+,21+,22+/m1/s1. The molecular formula is C22H45NO3. The maximum atomic E-state index is 10.4. The molecule has 4 heteroatoms. The van der Waals surface area contributed by atoms with Crippen molar-refractivity contribution in [3.05, 3.63) is 0 Å². The van der Waals surface area contributed by atoms with E-state index in [0.717, 1.165) is 19.4 Å². The van der Waals surface area contributed by atoms with Crippen molar-refractivity contribution in [1.29, 1.82) is 0 Å². The van der Waals surface area contributed by atoms with Gasteiger partial charge >= 0.3 is 0 Å². The first-order chi connectivity index (χ1) is 12.6. The number of ether oxygens (including phenoxy) is 1. The van der Waals surface area contributed by atoms with E-state index in [0.29, 0.717) is 13.0 Å². The molecule has 0 amide bonds. The van der Waals surface area contributed by atoms with Crippen LogP contribution in [0.1, 0.15) is 97.3 Å². The Hall–Kier alpha value is -0.160. The molecule has 1 aliphatic rings. The molecular weight excluding hydrogens is 326 g/mol. The summed E-state index contributed by atoms with van der Waals surface area (Å²) in [6.45, 7) is 6.14. The average molecular weight is 372 g/mol. The van der Waals surface area contributed by atoms with E-state index in [9.17, 15) is 10.2 Å². The van der Waals surface area contributed by atoms with Gasteiger partial charge in [0.2, 0.25) is 0 Å². The van der Waals surface area contributed by atoms with E-state index in [1.165, 1.54) is 64.2 Å². The van der Waals surface area contributed by atoms with E-state index in [1.807, 2.05) is 0 Å². The lowest BCUT2D eigenvalue weighted by Gasteiger charge is -2.32. The van der Waals surface area contributed by atoms with Gasteiger partial charge in [0.05, 0.1) is 18.2 Å². The summed E-state index contributed by atoms with van der Waals surface area (Å²) in [5.74, 6) is 0. The van der Waals surface area contributed by atoms with Gasteiger partial charge in [0.25, 0.3) is 0 Å². The number of nitrogens with zero attached hydrogens (tertiary/aromatic N) is 1. The van der Waals surface area contributed by atoms with Crippen molar-refractivity contribution in [3.8, 4) is 0 Å². The number of unbranched alkanes of at least 4 members (excludes halogenated alkanes) is 10. The van der Waals surface area contributed by atoms with Crippen LogP contribution >= 0.6 is 0 Å². The van der Waals surface area contributed by atoms with Crippen LogP contribution in [-0.4, -0.2) is 59.7 Å². The summed E-state index contributed by atoms with van der Waals surface area (Å²) in [6.07, 6.45) is 14.3. The van der Waals surface area contributed by atoms with Crippen molar-refractivity contribution < 1.29 is 14.9 Å². The van der Waals surface area contributed by atoms with Crippen LogP contribution in [0.5, 0.6) is 0 Å². The van der Waals surface area contributed by atoms with Crippen LogP contribution in [0.15, 0.2) is 0 Å². The summed E-state index contributed by atoms with van der Waals surface area (Å²) < 4.78 is 6.02. The van der Waals surface area contributed by atoms with E-state index < -0.39 is 12.2 Å². The first kappa shape index (κ1) is 23.9. The van der Waals surface area contributed by atoms with Crippen molar-refractivity contribution in [3.63, 3.8) is 0 Å². The minimum atomic E-state index is -0.540. The fourth-order valence-electron chi connectivity index (χ4n) is 4.11. The van der Waals surface area contributed by atoms with Gasteiger partial charge in [-0.05, 0) is 26.4 Å². The Bertz CT molecular complexity index is 327. The Labute approximate surface area is 162 Å². The molecule has 0 aliphatic heterocycles. The highest BCUT2D eigenvalue weighted by Gasteiger charge is 2.44. The third kappa shape index (κ3) is 9.16. The topological polar surface area (TPSA) is 52.9 Å². The molecule has 0 bridgehead atoms. The van der Waals surface area contributed by atoms with Crippen molar-refractivity contribution in [2.45, 2.75) is 122 Å². The van der Waals surface area contributed by atoms with Gasteiger partial charge in [0.15, 0.2) is 0 Å². The van der Waals surface area contributed by atoms with Crippen LogP contribution < -0.4 is 0 Å². The summed E-state index contributed by atoms with van der Waals surface area (Å²) in [4.78, 5) is 2.22. The fourth-order valence-corrected chi connectivity index (χ4v) is 4.11. The molecule has 4 nitrogen and oxygen atoms in total. The van der Waals surface area contributed by atoms with E-state index >= 15 is 0 Å². The predicted octanol–water partition coefficient (Wildman–Crippen LogP) is 4.52. The number of hydrogen-bond acceptors (Lipinski definition) is 4. The molecule has 2 N–H and O–H groups in total. The largest absolute Gasteiger partial charge is 0.391 e. The second kappa shape index (κ2) is 14.8. The highest BCUT2D eigenvalue weighted by atomic mass is 16.5. The highest BCUT2D eigenvalue weighted by molar-refractivity contribution is 4.98. The van der Waals surface area contributed by atoms with E-state index in [2.05, 4.69) is 25.8 Å². The Morgan fingerprint density at radius 3 is 1.92 bits per heavy atom. The zero-order valence-corrected chi connectivity index (χ0v) is 17.7. The maximum absolute atomic E-state index is 10.4. The summed E-state index contributed by atoms with van der Waals surface area (Å²) in [5, 5.41) is 20.7. The minimum absolute atomic E-state index is 0.0688. The highest BCUT2D eigenvalue weighted by Crippen LogP contribution is 2.28. The lowest BCUT2D eigenvalue weighted by molar-refractivity contribution is -0.0589. The summed E-state index contributed by atoms with van der Waals surface area (Å²) in [6, 6.07) is -0.0688.